The van der Waals surface area contributed by atoms with Crippen LogP contribution in [0.1, 0.15) is 52.1 Å². The fourth-order valence-corrected chi connectivity index (χ4v) is 2.75. The number of rotatable bonds is 2. The Morgan fingerprint density at radius 1 is 1.10 bits per heavy atom. The van der Waals surface area contributed by atoms with Gasteiger partial charge in [-0.3, -0.25) is 0 Å². The molecule has 0 spiro atoms. The first-order valence-electron chi connectivity index (χ1n) is 7.62. The van der Waals surface area contributed by atoms with E-state index in [2.05, 4.69) is 38.9 Å². The molecule has 1 aliphatic heterocycles. The highest BCUT2D eigenvalue weighted by atomic mass is 16.7. The van der Waals surface area contributed by atoms with Crippen molar-refractivity contribution in [2.24, 2.45) is 0 Å². The molecule has 1 saturated carbocycles. The lowest BCUT2D eigenvalue weighted by Crippen LogP contribution is -2.41. The second kappa shape index (κ2) is 4.11. The van der Waals surface area contributed by atoms with Gasteiger partial charge in [0.25, 0.3) is 0 Å². The van der Waals surface area contributed by atoms with Gasteiger partial charge in [0, 0.05) is 11.3 Å². The summed E-state index contributed by atoms with van der Waals surface area (Å²) in [5, 5.41) is 5.33. The molecule has 1 aliphatic carbocycles. The molecule has 1 aromatic heterocycles. The van der Waals surface area contributed by atoms with Crippen LogP contribution >= 0.6 is 0 Å². The summed E-state index contributed by atoms with van der Waals surface area (Å²) in [4.78, 5) is 0. The molecule has 0 radical (unpaired) electrons. The zero-order valence-electron chi connectivity index (χ0n) is 13.0. The molecule has 0 amide bonds. The molecule has 21 heavy (non-hydrogen) atoms. The number of fused-ring (bicyclic) bond motifs is 1. The Bertz CT molecular complexity index is 687. The predicted molar refractivity (Wildman–Crippen MR) is 81.7 cm³/mol. The van der Waals surface area contributed by atoms with Gasteiger partial charge in [0.05, 0.1) is 16.9 Å². The van der Waals surface area contributed by atoms with Crippen LogP contribution in [0.3, 0.4) is 0 Å². The lowest BCUT2D eigenvalue weighted by Gasteiger charge is -2.32. The highest BCUT2D eigenvalue weighted by molar-refractivity contribution is 6.62. The highest BCUT2D eigenvalue weighted by Crippen LogP contribution is 2.42. The van der Waals surface area contributed by atoms with Crippen molar-refractivity contribution in [1.82, 2.24) is 5.16 Å². The highest BCUT2D eigenvalue weighted by Gasteiger charge is 2.51. The third-order valence-electron chi connectivity index (χ3n) is 5.01. The van der Waals surface area contributed by atoms with Gasteiger partial charge in [0.2, 0.25) is 0 Å². The molecule has 2 aliphatic rings. The Morgan fingerprint density at radius 3 is 2.38 bits per heavy atom. The summed E-state index contributed by atoms with van der Waals surface area (Å²) in [5.74, 6) is 0.569. The van der Waals surface area contributed by atoms with Gasteiger partial charge in [-0.2, -0.15) is 0 Å². The number of hydrogen-bond donors (Lipinski definition) is 0. The van der Waals surface area contributed by atoms with Gasteiger partial charge in [0.1, 0.15) is 0 Å². The van der Waals surface area contributed by atoms with Crippen LogP contribution in [0.5, 0.6) is 0 Å². The third-order valence-corrected chi connectivity index (χ3v) is 5.01. The van der Waals surface area contributed by atoms with E-state index in [-0.39, 0.29) is 18.3 Å². The van der Waals surface area contributed by atoms with Crippen LogP contribution in [0.4, 0.5) is 0 Å². The standard InChI is InChI=1S/C16H20BNO3/c1-15(2)16(3,4)21-17(20-15)11-7-8-13-12(9-11)14(18-19-13)10-5-6-10/h7-10H,5-6H2,1-4H3. The molecule has 0 unspecified atom stereocenters. The lowest BCUT2D eigenvalue weighted by atomic mass is 9.78. The molecule has 1 aromatic carbocycles. The van der Waals surface area contributed by atoms with Gasteiger partial charge in [-0.05, 0) is 58.1 Å². The summed E-state index contributed by atoms with van der Waals surface area (Å²) in [5.41, 5.74) is 2.33. The number of nitrogens with zero attached hydrogens (tertiary/aromatic N) is 1. The molecule has 2 heterocycles. The van der Waals surface area contributed by atoms with E-state index in [4.69, 9.17) is 13.8 Å². The van der Waals surface area contributed by atoms with Crippen LogP contribution in [0.25, 0.3) is 11.0 Å². The lowest BCUT2D eigenvalue weighted by molar-refractivity contribution is 0.00578. The fourth-order valence-electron chi connectivity index (χ4n) is 2.75. The molecule has 0 bridgehead atoms. The first kappa shape index (κ1) is 13.3. The molecule has 0 atom stereocenters. The summed E-state index contributed by atoms with van der Waals surface area (Å²) in [6.07, 6.45) is 2.42. The maximum absolute atomic E-state index is 6.12. The molecular formula is C16H20BNO3. The first-order valence-corrected chi connectivity index (χ1v) is 7.62. The van der Waals surface area contributed by atoms with Gasteiger partial charge in [0.15, 0.2) is 5.58 Å². The quantitative estimate of drug-likeness (QED) is 0.796. The Morgan fingerprint density at radius 2 is 1.76 bits per heavy atom. The van der Waals surface area contributed by atoms with E-state index in [9.17, 15) is 0 Å². The molecule has 2 aromatic rings. The minimum atomic E-state index is -0.332. The van der Waals surface area contributed by atoms with E-state index >= 15 is 0 Å². The van der Waals surface area contributed by atoms with Crippen molar-refractivity contribution in [2.45, 2.75) is 57.7 Å². The van der Waals surface area contributed by atoms with Crippen molar-refractivity contribution in [1.29, 1.82) is 0 Å². The molecule has 110 valence electrons. The topological polar surface area (TPSA) is 44.5 Å². The van der Waals surface area contributed by atoms with Crippen molar-refractivity contribution in [3.63, 3.8) is 0 Å². The predicted octanol–water partition coefficient (Wildman–Crippen LogP) is 3.00. The molecule has 5 heteroatoms. The second-order valence-corrected chi connectivity index (χ2v) is 7.19. The molecule has 4 rings (SSSR count). The molecule has 0 N–H and O–H groups in total. The smallest absolute Gasteiger partial charge is 0.399 e. The Hall–Kier alpha value is -1.33. The summed E-state index contributed by atoms with van der Waals surface area (Å²) in [7, 11) is -0.332. The maximum atomic E-state index is 6.12. The normalized spacial score (nSPS) is 23.9. The van der Waals surface area contributed by atoms with Crippen molar-refractivity contribution in [3.8, 4) is 0 Å². The number of aromatic nitrogens is 1. The summed E-state index contributed by atoms with van der Waals surface area (Å²) < 4.78 is 17.7. The Balaban J connectivity index is 1.73. The van der Waals surface area contributed by atoms with Gasteiger partial charge in [-0.1, -0.05) is 11.2 Å². The van der Waals surface area contributed by atoms with Crippen molar-refractivity contribution in [3.05, 3.63) is 23.9 Å². The zero-order chi connectivity index (χ0) is 14.8. The van der Waals surface area contributed by atoms with Crippen LogP contribution in [-0.4, -0.2) is 23.5 Å². The second-order valence-electron chi connectivity index (χ2n) is 7.19. The van der Waals surface area contributed by atoms with Crippen LogP contribution in [0.2, 0.25) is 0 Å². The number of hydrogen-bond acceptors (Lipinski definition) is 4. The fraction of sp³-hybridized carbons (Fsp3) is 0.562. The van der Waals surface area contributed by atoms with E-state index in [0.717, 1.165) is 22.1 Å². The van der Waals surface area contributed by atoms with E-state index in [1.165, 1.54) is 12.8 Å². The van der Waals surface area contributed by atoms with Gasteiger partial charge >= 0.3 is 7.12 Å². The average molecular weight is 285 g/mol. The Kier molecular flexibility index (Phi) is 2.61. The van der Waals surface area contributed by atoms with E-state index in [0.29, 0.717) is 5.92 Å². The van der Waals surface area contributed by atoms with E-state index in [1.807, 2.05) is 12.1 Å². The first-order chi connectivity index (χ1) is 9.87. The molecule has 4 nitrogen and oxygen atoms in total. The van der Waals surface area contributed by atoms with Crippen LogP contribution < -0.4 is 5.46 Å². The summed E-state index contributed by atoms with van der Waals surface area (Å²) >= 11 is 0. The van der Waals surface area contributed by atoms with Gasteiger partial charge < -0.3 is 13.8 Å². The van der Waals surface area contributed by atoms with Crippen LogP contribution in [-0.2, 0) is 9.31 Å². The third kappa shape index (κ3) is 2.02. The average Bonchev–Trinajstić information content (AvgIpc) is 3.11. The minimum Gasteiger partial charge on any atom is -0.399 e. The molecule has 2 fully saturated rings. The summed E-state index contributed by atoms with van der Waals surface area (Å²) in [6.45, 7) is 8.28. The Labute approximate surface area is 124 Å². The van der Waals surface area contributed by atoms with E-state index < -0.39 is 0 Å². The largest absolute Gasteiger partial charge is 0.494 e. The number of benzene rings is 1. The van der Waals surface area contributed by atoms with Gasteiger partial charge in [-0.25, -0.2) is 0 Å². The zero-order valence-corrected chi connectivity index (χ0v) is 13.0. The van der Waals surface area contributed by atoms with Crippen LogP contribution in [0, 0.1) is 0 Å². The molecule has 1 saturated heterocycles. The van der Waals surface area contributed by atoms with E-state index in [1.54, 1.807) is 0 Å². The van der Waals surface area contributed by atoms with Crippen LogP contribution in [0.15, 0.2) is 22.7 Å². The van der Waals surface area contributed by atoms with Crippen molar-refractivity contribution in [2.75, 3.05) is 0 Å². The minimum absolute atomic E-state index is 0.319. The SMILES string of the molecule is CC1(C)OB(c2ccc3onc(C4CC4)c3c2)OC1(C)C. The summed E-state index contributed by atoms with van der Waals surface area (Å²) in [6, 6.07) is 6.09. The van der Waals surface area contributed by atoms with Crippen molar-refractivity contribution < 1.29 is 13.8 Å². The molecular weight excluding hydrogens is 265 g/mol. The van der Waals surface area contributed by atoms with Gasteiger partial charge in [-0.15, -0.1) is 0 Å². The maximum Gasteiger partial charge on any atom is 0.494 e. The van der Waals surface area contributed by atoms with Crippen molar-refractivity contribution >= 4 is 23.6 Å². The monoisotopic (exact) mass is 285 g/mol.